The molecule has 2 saturated carbocycles. The predicted molar refractivity (Wildman–Crippen MR) is 139 cm³/mol. The molecule has 2 aliphatic carbocycles. The first-order valence-electron chi connectivity index (χ1n) is 12.9. The van der Waals surface area contributed by atoms with Gasteiger partial charge in [0.2, 0.25) is 0 Å². The molecule has 0 heterocycles. The molecule has 2 aromatic rings. The maximum Gasteiger partial charge on any atom is 0.130 e. The van der Waals surface area contributed by atoms with Crippen molar-refractivity contribution in [1.29, 1.82) is 0 Å². The highest BCUT2D eigenvalue weighted by Gasteiger charge is 2.16. The summed E-state index contributed by atoms with van der Waals surface area (Å²) in [5, 5.41) is 0. The number of carbonyl (C=O) groups excluding carboxylic acids is 1. The molecule has 2 fully saturated rings. The Bertz CT molecular complexity index is 834. The summed E-state index contributed by atoms with van der Waals surface area (Å²) in [5.41, 5.74) is 5.52. The minimum atomic E-state index is 0.372. The molecule has 1 heteroatoms. The van der Waals surface area contributed by atoms with Gasteiger partial charge in [0, 0.05) is 6.42 Å². The quantitative estimate of drug-likeness (QED) is 0.341. The summed E-state index contributed by atoms with van der Waals surface area (Å²) in [5.74, 6) is 1.87. The fourth-order valence-electron chi connectivity index (χ4n) is 5.33. The van der Waals surface area contributed by atoms with Gasteiger partial charge >= 0.3 is 0 Å². The Morgan fingerprint density at radius 1 is 0.781 bits per heavy atom. The van der Waals surface area contributed by atoms with Crippen LogP contribution in [0.15, 0.2) is 54.6 Å². The largest absolute Gasteiger partial charge is 0.300 e. The topological polar surface area (TPSA) is 17.1 Å². The van der Waals surface area contributed by atoms with Gasteiger partial charge in [-0.25, -0.2) is 0 Å². The maximum atomic E-state index is 10.8. The summed E-state index contributed by atoms with van der Waals surface area (Å²) in [7, 11) is 0. The van der Waals surface area contributed by atoms with Crippen molar-refractivity contribution in [1.82, 2.24) is 0 Å². The van der Waals surface area contributed by atoms with E-state index in [1.807, 2.05) is 0 Å². The third kappa shape index (κ3) is 8.41. The van der Waals surface area contributed by atoms with Crippen molar-refractivity contribution in [3.63, 3.8) is 0 Å². The molecule has 0 amide bonds. The van der Waals surface area contributed by atoms with Crippen LogP contribution in [0.1, 0.15) is 114 Å². The van der Waals surface area contributed by atoms with Gasteiger partial charge in [-0.1, -0.05) is 118 Å². The van der Waals surface area contributed by atoms with Crippen LogP contribution in [0.3, 0.4) is 0 Å². The van der Waals surface area contributed by atoms with Crippen LogP contribution in [-0.4, -0.2) is 5.78 Å². The summed E-state index contributed by atoms with van der Waals surface area (Å²) in [6.07, 6.45) is 18.1. The van der Waals surface area contributed by atoms with Crippen molar-refractivity contribution in [2.45, 2.75) is 96.8 Å². The van der Waals surface area contributed by atoms with E-state index in [0.29, 0.717) is 5.78 Å². The summed E-state index contributed by atoms with van der Waals surface area (Å²) < 4.78 is 0. The van der Waals surface area contributed by atoms with Gasteiger partial charge in [-0.15, -0.1) is 0 Å². The Morgan fingerprint density at radius 2 is 1.41 bits per heavy atom. The van der Waals surface area contributed by atoms with Gasteiger partial charge in [-0.2, -0.15) is 0 Å². The summed E-state index contributed by atoms with van der Waals surface area (Å²) in [4.78, 5) is 10.8. The third-order valence-electron chi connectivity index (χ3n) is 7.15. The zero-order valence-corrected chi connectivity index (χ0v) is 20.3. The highest BCUT2D eigenvalue weighted by Crippen LogP contribution is 2.33. The Morgan fingerprint density at radius 3 is 2.06 bits per heavy atom. The molecule has 0 bridgehead atoms. The molecule has 1 nitrogen and oxygen atoms in total. The molecule has 2 aromatic carbocycles. The Hall–Kier alpha value is -2.15. The number of benzene rings is 2. The predicted octanol–water partition coefficient (Wildman–Crippen LogP) is 9.23. The van der Waals surface area contributed by atoms with Crippen molar-refractivity contribution in [2.75, 3.05) is 0 Å². The van der Waals surface area contributed by atoms with Crippen molar-refractivity contribution in [2.24, 2.45) is 5.92 Å². The van der Waals surface area contributed by atoms with E-state index >= 15 is 0 Å². The second kappa shape index (κ2) is 13.4. The fraction of sp³-hybridized carbons (Fsp3) is 0.516. The van der Waals surface area contributed by atoms with Gasteiger partial charge in [0.05, 0.1) is 0 Å². The van der Waals surface area contributed by atoms with E-state index in [-0.39, 0.29) is 0 Å². The molecular formula is C31H42O. The SMILES string of the molecule is C/C(=C\c1ccccc1)c1cccc(C2CCCCC2)c1.CC(=O)CC1CCCCCC1. The van der Waals surface area contributed by atoms with Crippen LogP contribution < -0.4 is 0 Å². The van der Waals surface area contributed by atoms with Gasteiger partial charge in [0.25, 0.3) is 0 Å². The van der Waals surface area contributed by atoms with Gasteiger partial charge in [-0.3, -0.25) is 0 Å². The standard InChI is InChI=1S/C21H24.C10H18O/c1-17(15-18-9-4-2-5-10-18)20-13-8-14-21(16-20)19-11-6-3-7-12-19;1-9(11)8-10-6-4-2-3-5-7-10/h2,4-5,8-10,13-16,19H,3,6-7,11-12H2,1H3;10H,2-8H2,1H3/b17-15+;. The lowest BCUT2D eigenvalue weighted by atomic mass is 9.83. The van der Waals surface area contributed by atoms with E-state index in [1.54, 1.807) is 6.92 Å². The molecular weight excluding hydrogens is 388 g/mol. The molecule has 0 N–H and O–H groups in total. The number of allylic oxidation sites excluding steroid dienone is 1. The minimum Gasteiger partial charge on any atom is -0.300 e. The molecule has 2 aliphatic rings. The highest BCUT2D eigenvalue weighted by molar-refractivity contribution is 5.80. The lowest BCUT2D eigenvalue weighted by molar-refractivity contribution is -0.118. The van der Waals surface area contributed by atoms with Crippen molar-refractivity contribution in [3.8, 4) is 0 Å². The number of rotatable bonds is 5. The Balaban J connectivity index is 0.000000222. The van der Waals surface area contributed by atoms with E-state index in [0.717, 1.165) is 18.3 Å². The maximum absolute atomic E-state index is 10.8. The highest BCUT2D eigenvalue weighted by atomic mass is 16.1. The first-order chi connectivity index (χ1) is 15.6. The second-order valence-electron chi connectivity index (χ2n) is 9.96. The number of hydrogen-bond acceptors (Lipinski definition) is 1. The van der Waals surface area contributed by atoms with Crippen molar-refractivity contribution in [3.05, 3.63) is 71.3 Å². The summed E-state index contributed by atoms with van der Waals surface area (Å²) in [6, 6.07) is 19.8. The summed E-state index contributed by atoms with van der Waals surface area (Å²) >= 11 is 0. The van der Waals surface area contributed by atoms with E-state index in [2.05, 4.69) is 67.6 Å². The molecule has 0 radical (unpaired) electrons. The van der Waals surface area contributed by atoms with Crippen LogP contribution >= 0.6 is 0 Å². The van der Waals surface area contributed by atoms with Crippen LogP contribution in [0.5, 0.6) is 0 Å². The van der Waals surface area contributed by atoms with Crippen molar-refractivity contribution < 1.29 is 4.79 Å². The molecule has 172 valence electrons. The van der Waals surface area contributed by atoms with Crippen LogP contribution in [0.4, 0.5) is 0 Å². The molecule has 0 spiro atoms. The van der Waals surface area contributed by atoms with Gasteiger partial charge < -0.3 is 4.79 Å². The van der Waals surface area contributed by atoms with E-state index in [4.69, 9.17) is 0 Å². The lowest BCUT2D eigenvalue weighted by Crippen LogP contribution is -2.04. The average Bonchev–Trinajstić information content (AvgIpc) is 3.09. The summed E-state index contributed by atoms with van der Waals surface area (Å²) in [6.45, 7) is 3.93. The van der Waals surface area contributed by atoms with Crippen LogP contribution in [-0.2, 0) is 4.79 Å². The molecule has 32 heavy (non-hydrogen) atoms. The van der Waals surface area contributed by atoms with E-state index in [1.165, 1.54) is 92.9 Å². The van der Waals surface area contributed by atoms with Crippen LogP contribution in [0.2, 0.25) is 0 Å². The third-order valence-corrected chi connectivity index (χ3v) is 7.15. The molecule has 4 rings (SSSR count). The van der Waals surface area contributed by atoms with Crippen LogP contribution in [0, 0.1) is 5.92 Å². The smallest absolute Gasteiger partial charge is 0.130 e. The second-order valence-corrected chi connectivity index (χ2v) is 9.96. The fourth-order valence-corrected chi connectivity index (χ4v) is 5.33. The average molecular weight is 431 g/mol. The number of Topliss-reactive ketones (excluding diaryl/α,β-unsaturated/α-hetero) is 1. The van der Waals surface area contributed by atoms with Crippen molar-refractivity contribution >= 4 is 17.4 Å². The monoisotopic (exact) mass is 430 g/mol. The zero-order valence-electron chi connectivity index (χ0n) is 20.3. The van der Waals surface area contributed by atoms with E-state index in [9.17, 15) is 4.79 Å². The Labute approximate surface area is 196 Å². The van der Waals surface area contributed by atoms with Gasteiger partial charge in [0.15, 0.2) is 0 Å². The number of ketones is 1. The number of hydrogen-bond donors (Lipinski definition) is 0. The molecule has 0 unspecified atom stereocenters. The molecule has 0 atom stereocenters. The first-order valence-corrected chi connectivity index (χ1v) is 12.9. The van der Waals surface area contributed by atoms with Crippen LogP contribution in [0.25, 0.3) is 11.6 Å². The zero-order chi connectivity index (χ0) is 22.6. The first kappa shape index (κ1) is 24.5. The van der Waals surface area contributed by atoms with E-state index < -0.39 is 0 Å². The normalized spacial score (nSPS) is 18.4. The van der Waals surface area contributed by atoms with Gasteiger partial charge in [-0.05, 0) is 60.8 Å². The minimum absolute atomic E-state index is 0.372. The molecule has 0 saturated heterocycles. The Kier molecular flexibility index (Phi) is 10.3. The molecule has 0 aliphatic heterocycles. The lowest BCUT2D eigenvalue weighted by Gasteiger charge is -2.22. The number of carbonyl (C=O) groups is 1. The van der Waals surface area contributed by atoms with Gasteiger partial charge in [0.1, 0.15) is 5.78 Å². The molecule has 0 aromatic heterocycles.